The summed E-state index contributed by atoms with van der Waals surface area (Å²) in [5.41, 5.74) is 1.04. The number of nitrogens with zero attached hydrogens (tertiary/aromatic N) is 2. The Morgan fingerprint density at radius 1 is 1.41 bits per heavy atom. The minimum Gasteiger partial charge on any atom is -0.507 e. The van der Waals surface area contributed by atoms with Crippen molar-refractivity contribution in [2.75, 3.05) is 26.4 Å². The van der Waals surface area contributed by atoms with Gasteiger partial charge in [-0.15, -0.1) is 0 Å². The average molecular weight is 400 g/mol. The van der Waals surface area contributed by atoms with E-state index >= 15 is 0 Å². The van der Waals surface area contributed by atoms with Crippen molar-refractivity contribution >= 4 is 12.2 Å². The molecule has 1 saturated heterocycles. The second-order valence-electron chi connectivity index (χ2n) is 6.90. The molecule has 0 saturated carbocycles. The van der Waals surface area contributed by atoms with E-state index in [-0.39, 0.29) is 48.6 Å². The highest BCUT2D eigenvalue weighted by molar-refractivity contribution is 5.95. The van der Waals surface area contributed by atoms with Crippen LogP contribution in [-0.2, 0) is 11.2 Å². The van der Waals surface area contributed by atoms with Crippen molar-refractivity contribution in [1.82, 2.24) is 9.88 Å². The normalized spacial score (nSPS) is 17.6. The van der Waals surface area contributed by atoms with Gasteiger partial charge in [-0.05, 0) is 31.2 Å². The van der Waals surface area contributed by atoms with Gasteiger partial charge in [0, 0.05) is 19.2 Å². The van der Waals surface area contributed by atoms with Gasteiger partial charge >= 0.3 is 0 Å². The smallest absolute Gasteiger partial charge is 0.256 e. The lowest BCUT2D eigenvalue weighted by atomic mass is 10.1. The number of aromatic nitrogens is 1. The Kier molecular flexibility index (Phi) is 6.79. The molecule has 0 spiro atoms. The number of phenolic OH excluding ortho intramolecular Hbond substituents is 1. The summed E-state index contributed by atoms with van der Waals surface area (Å²) in [4.78, 5) is 30.3. The van der Waals surface area contributed by atoms with Crippen LogP contribution in [0.15, 0.2) is 36.5 Å². The van der Waals surface area contributed by atoms with Gasteiger partial charge in [-0.2, -0.15) is 0 Å². The Bertz CT molecular complexity index is 870. The lowest BCUT2D eigenvalue weighted by molar-refractivity contribution is -0.0152. The molecule has 0 aliphatic carbocycles. The molecule has 154 valence electrons. The van der Waals surface area contributed by atoms with Crippen LogP contribution in [0.2, 0.25) is 0 Å². The van der Waals surface area contributed by atoms with Crippen molar-refractivity contribution in [3.63, 3.8) is 0 Å². The van der Waals surface area contributed by atoms with Crippen LogP contribution in [0.3, 0.4) is 0 Å². The van der Waals surface area contributed by atoms with E-state index in [2.05, 4.69) is 4.98 Å². The number of hydrogen-bond donors (Lipinski definition) is 2. The first kappa shape index (κ1) is 20.8. The average Bonchev–Trinajstić information content (AvgIpc) is 2.72. The van der Waals surface area contributed by atoms with Crippen molar-refractivity contribution in [3.8, 4) is 11.5 Å². The number of aldehydes is 1. The maximum atomic E-state index is 13.2. The van der Waals surface area contributed by atoms with Crippen LogP contribution in [-0.4, -0.2) is 70.8 Å². The van der Waals surface area contributed by atoms with Gasteiger partial charge in [0.25, 0.3) is 5.91 Å². The molecule has 1 aliphatic heterocycles. The van der Waals surface area contributed by atoms with E-state index in [1.165, 1.54) is 6.07 Å². The largest absolute Gasteiger partial charge is 0.507 e. The number of aromatic hydroxyl groups is 1. The molecule has 8 nitrogen and oxygen atoms in total. The van der Waals surface area contributed by atoms with E-state index in [1.807, 2.05) is 0 Å². The highest BCUT2D eigenvalue weighted by Crippen LogP contribution is 2.26. The number of carbonyl (C=O) groups is 2. The van der Waals surface area contributed by atoms with Crippen LogP contribution in [0, 0.1) is 0 Å². The second kappa shape index (κ2) is 9.49. The van der Waals surface area contributed by atoms with E-state index in [4.69, 9.17) is 9.47 Å². The first-order valence-corrected chi connectivity index (χ1v) is 9.42. The third kappa shape index (κ3) is 4.90. The van der Waals surface area contributed by atoms with E-state index in [9.17, 15) is 19.8 Å². The molecular weight excluding hydrogens is 376 g/mol. The number of rotatable bonds is 7. The van der Waals surface area contributed by atoms with Crippen LogP contribution in [0.1, 0.15) is 33.3 Å². The quantitative estimate of drug-likeness (QED) is 0.677. The zero-order chi connectivity index (χ0) is 20.8. The Morgan fingerprint density at radius 2 is 2.24 bits per heavy atom. The highest BCUT2D eigenvalue weighted by atomic mass is 16.5. The summed E-state index contributed by atoms with van der Waals surface area (Å²) < 4.78 is 11.3. The number of carbonyl (C=O) groups excluding carboxylic acids is 2. The fraction of sp³-hybridized carbons (Fsp3) is 0.381. The monoisotopic (exact) mass is 400 g/mol. The van der Waals surface area contributed by atoms with Gasteiger partial charge in [0.15, 0.2) is 6.29 Å². The molecule has 0 unspecified atom stereocenters. The fourth-order valence-electron chi connectivity index (χ4n) is 3.25. The van der Waals surface area contributed by atoms with Crippen molar-refractivity contribution in [1.29, 1.82) is 0 Å². The molecule has 3 rings (SSSR count). The summed E-state index contributed by atoms with van der Waals surface area (Å²) in [5.74, 6) is -0.130. The number of hydrogen-bond acceptors (Lipinski definition) is 7. The predicted octanol–water partition coefficient (Wildman–Crippen LogP) is 1.44. The van der Waals surface area contributed by atoms with Gasteiger partial charge in [-0.1, -0.05) is 6.07 Å². The Hall–Kier alpha value is -2.97. The first-order chi connectivity index (χ1) is 14.0. The molecule has 2 atom stereocenters. The summed E-state index contributed by atoms with van der Waals surface area (Å²) in [6, 6.07) is 7.57. The number of aliphatic hydroxyl groups is 1. The Morgan fingerprint density at radius 3 is 3.00 bits per heavy atom. The topological polar surface area (TPSA) is 109 Å². The number of amides is 1. The lowest BCUT2D eigenvalue weighted by Gasteiger charge is -2.35. The van der Waals surface area contributed by atoms with Gasteiger partial charge < -0.3 is 24.6 Å². The Labute approximate surface area is 168 Å². The fourth-order valence-corrected chi connectivity index (χ4v) is 3.25. The maximum absolute atomic E-state index is 13.2. The van der Waals surface area contributed by atoms with Crippen LogP contribution < -0.4 is 4.74 Å². The SMILES string of the molecule is C[C@@H](O)Cc1ncccc1C(=O)N1CCOC[C@@H]1COc1cccc(O)c1C=O. The van der Waals surface area contributed by atoms with E-state index < -0.39 is 6.10 Å². The van der Waals surface area contributed by atoms with E-state index in [1.54, 1.807) is 42.3 Å². The van der Waals surface area contributed by atoms with Crippen LogP contribution >= 0.6 is 0 Å². The number of aliphatic hydroxyl groups excluding tert-OH is 1. The molecule has 2 N–H and O–H groups in total. The van der Waals surface area contributed by atoms with Gasteiger partial charge in [0.2, 0.25) is 0 Å². The molecular formula is C21H24N2O6. The molecule has 1 aliphatic rings. The van der Waals surface area contributed by atoms with Crippen LogP contribution in [0.25, 0.3) is 0 Å². The van der Waals surface area contributed by atoms with Gasteiger partial charge in [-0.25, -0.2) is 0 Å². The molecule has 0 radical (unpaired) electrons. The van der Waals surface area contributed by atoms with Crippen LogP contribution in [0.5, 0.6) is 11.5 Å². The first-order valence-electron chi connectivity index (χ1n) is 9.42. The van der Waals surface area contributed by atoms with Gasteiger partial charge in [-0.3, -0.25) is 14.6 Å². The molecule has 1 amide bonds. The third-order valence-electron chi connectivity index (χ3n) is 4.69. The highest BCUT2D eigenvalue weighted by Gasteiger charge is 2.30. The molecule has 2 aromatic rings. The summed E-state index contributed by atoms with van der Waals surface area (Å²) in [6.45, 7) is 2.82. The molecule has 1 aromatic carbocycles. The van der Waals surface area contributed by atoms with Crippen molar-refractivity contribution < 1.29 is 29.3 Å². The van der Waals surface area contributed by atoms with Crippen LogP contribution in [0.4, 0.5) is 0 Å². The zero-order valence-corrected chi connectivity index (χ0v) is 16.2. The minimum atomic E-state index is -0.618. The molecule has 1 aromatic heterocycles. The number of ether oxygens (including phenoxy) is 2. The predicted molar refractivity (Wildman–Crippen MR) is 104 cm³/mol. The molecule has 1 fully saturated rings. The van der Waals surface area contributed by atoms with E-state index in [0.29, 0.717) is 30.7 Å². The van der Waals surface area contributed by atoms with E-state index in [0.717, 1.165) is 0 Å². The number of benzene rings is 1. The third-order valence-corrected chi connectivity index (χ3v) is 4.69. The zero-order valence-electron chi connectivity index (χ0n) is 16.2. The van der Waals surface area contributed by atoms with Crippen molar-refractivity contribution in [3.05, 3.63) is 53.3 Å². The van der Waals surface area contributed by atoms with Crippen molar-refractivity contribution in [2.45, 2.75) is 25.5 Å². The van der Waals surface area contributed by atoms with Crippen molar-refractivity contribution in [2.24, 2.45) is 0 Å². The molecule has 0 bridgehead atoms. The number of morpholine rings is 1. The molecule has 29 heavy (non-hydrogen) atoms. The number of phenols is 1. The second-order valence-corrected chi connectivity index (χ2v) is 6.90. The molecule has 2 heterocycles. The van der Waals surface area contributed by atoms with Gasteiger partial charge in [0.1, 0.15) is 18.1 Å². The summed E-state index contributed by atoms with van der Waals surface area (Å²) in [7, 11) is 0. The molecule has 8 heteroatoms. The van der Waals surface area contributed by atoms with Gasteiger partial charge in [0.05, 0.1) is 42.2 Å². The Balaban J connectivity index is 1.78. The summed E-state index contributed by atoms with van der Waals surface area (Å²) >= 11 is 0. The lowest BCUT2D eigenvalue weighted by Crippen LogP contribution is -2.51. The number of pyridine rings is 1. The summed E-state index contributed by atoms with van der Waals surface area (Å²) in [6.07, 6.45) is 1.78. The summed E-state index contributed by atoms with van der Waals surface area (Å²) in [5, 5.41) is 19.5. The standard InChI is InChI=1S/C21H24N2O6/c1-14(25)10-18-16(4-3-7-22-18)21(27)23-8-9-28-12-15(23)13-29-20-6-2-5-19(26)17(20)11-24/h2-7,11,14-15,25-26H,8-10,12-13H2,1H3/t14-,15-/m1/s1. The minimum absolute atomic E-state index is 0.0635. The maximum Gasteiger partial charge on any atom is 0.256 e.